The summed E-state index contributed by atoms with van der Waals surface area (Å²) in [5.41, 5.74) is 3.32. The summed E-state index contributed by atoms with van der Waals surface area (Å²) in [6, 6.07) is 10.2. The molecule has 0 radical (unpaired) electrons. The molecule has 11 nitrogen and oxygen atoms in total. The SMILES string of the molecule is CCOC(=O)Cn1c(C)c(/C=c2\sc3n(c2=O)[C@H](c2cc(OC)c(OC)c(OC)c2)C(C(=O)OCC)=C(C)N=3)c2ccccc21. The van der Waals surface area contributed by atoms with Crippen molar-refractivity contribution >= 4 is 40.3 Å². The average molecular weight is 634 g/mol. The van der Waals surface area contributed by atoms with E-state index in [1.807, 2.05) is 41.8 Å². The predicted octanol–water partition coefficient (Wildman–Crippen LogP) is 3.65. The van der Waals surface area contributed by atoms with Crippen LogP contribution in [0, 0.1) is 6.92 Å². The number of ether oxygens (including phenoxy) is 5. The fourth-order valence-electron chi connectivity index (χ4n) is 5.68. The van der Waals surface area contributed by atoms with Crippen LogP contribution in [0.2, 0.25) is 0 Å². The highest BCUT2D eigenvalue weighted by Gasteiger charge is 2.35. The maximum absolute atomic E-state index is 14.3. The lowest BCUT2D eigenvalue weighted by molar-refractivity contribution is -0.143. The highest BCUT2D eigenvalue weighted by atomic mass is 32.1. The third-order valence-corrected chi connectivity index (χ3v) is 8.65. The van der Waals surface area contributed by atoms with Crippen molar-refractivity contribution in [2.45, 2.75) is 40.3 Å². The van der Waals surface area contributed by atoms with Crippen molar-refractivity contribution in [1.29, 1.82) is 0 Å². The third kappa shape index (κ3) is 5.61. The molecular weight excluding hydrogens is 598 g/mol. The van der Waals surface area contributed by atoms with Gasteiger partial charge in [0.05, 0.1) is 56.4 Å². The molecule has 45 heavy (non-hydrogen) atoms. The molecule has 4 aromatic rings. The first-order valence-corrected chi connectivity index (χ1v) is 15.2. The average Bonchev–Trinajstić information content (AvgIpc) is 3.47. The molecule has 0 N–H and O–H groups in total. The number of esters is 2. The molecule has 0 saturated heterocycles. The molecule has 12 heteroatoms. The maximum atomic E-state index is 14.3. The Bertz CT molecular complexity index is 1990. The van der Waals surface area contributed by atoms with Gasteiger partial charge in [0.25, 0.3) is 5.56 Å². The number of thiazole rings is 1. The zero-order chi connectivity index (χ0) is 32.4. The second kappa shape index (κ2) is 13.0. The first kappa shape index (κ1) is 31.6. The van der Waals surface area contributed by atoms with Crippen LogP contribution in [0.15, 0.2) is 57.5 Å². The van der Waals surface area contributed by atoms with Gasteiger partial charge in [-0.15, -0.1) is 0 Å². The Morgan fingerprint density at radius 3 is 2.27 bits per heavy atom. The zero-order valence-corrected chi connectivity index (χ0v) is 27.1. The van der Waals surface area contributed by atoms with Crippen molar-refractivity contribution in [2.24, 2.45) is 4.99 Å². The molecule has 2 aromatic heterocycles. The van der Waals surface area contributed by atoms with E-state index in [0.717, 1.165) is 22.2 Å². The zero-order valence-electron chi connectivity index (χ0n) is 26.3. The molecule has 0 amide bonds. The summed E-state index contributed by atoms with van der Waals surface area (Å²) in [6.45, 7) is 7.59. The van der Waals surface area contributed by atoms with Crippen LogP contribution in [0.1, 0.15) is 43.6 Å². The maximum Gasteiger partial charge on any atom is 0.338 e. The minimum atomic E-state index is -0.887. The minimum Gasteiger partial charge on any atom is -0.493 e. The van der Waals surface area contributed by atoms with E-state index >= 15 is 0 Å². The Morgan fingerprint density at radius 1 is 0.978 bits per heavy atom. The number of carbonyl (C=O) groups excluding carboxylic acids is 2. The first-order valence-electron chi connectivity index (χ1n) is 14.4. The highest BCUT2D eigenvalue weighted by molar-refractivity contribution is 7.07. The van der Waals surface area contributed by atoms with Gasteiger partial charge in [0, 0.05) is 22.2 Å². The van der Waals surface area contributed by atoms with E-state index in [9.17, 15) is 14.4 Å². The van der Waals surface area contributed by atoms with E-state index < -0.39 is 12.0 Å². The van der Waals surface area contributed by atoms with Crippen molar-refractivity contribution in [2.75, 3.05) is 34.5 Å². The van der Waals surface area contributed by atoms with Crippen molar-refractivity contribution in [1.82, 2.24) is 9.13 Å². The molecular formula is C33H35N3O8S. The molecule has 2 aromatic carbocycles. The predicted molar refractivity (Wildman–Crippen MR) is 170 cm³/mol. The molecule has 0 aliphatic carbocycles. The number of para-hydroxylation sites is 1. The lowest BCUT2D eigenvalue weighted by Crippen LogP contribution is -2.40. The Hall–Kier alpha value is -4.84. The highest BCUT2D eigenvalue weighted by Crippen LogP contribution is 2.42. The van der Waals surface area contributed by atoms with Gasteiger partial charge >= 0.3 is 11.9 Å². The van der Waals surface area contributed by atoms with Gasteiger partial charge in [0.2, 0.25) is 5.75 Å². The normalized spacial score (nSPS) is 14.6. The molecule has 1 atom stereocenters. The lowest BCUT2D eigenvalue weighted by atomic mass is 9.95. The molecule has 0 spiro atoms. The van der Waals surface area contributed by atoms with Gasteiger partial charge in [-0.3, -0.25) is 14.2 Å². The largest absolute Gasteiger partial charge is 0.493 e. The van der Waals surface area contributed by atoms with Crippen LogP contribution >= 0.6 is 11.3 Å². The second-order valence-corrected chi connectivity index (χ2v) is 11.2. The molecule has 1 aliphatic heterocycles. The van der Waals surface area contributed by atoms with Crippen LogP contribution in [0.4, 0.5) is 0 Å². The summed E-state index contributed by atoms with van der Waals surface area (Å²) in [6.07, 6.45) is 1.82. The Balaban J connectivity index is 1.77. The number of hydrogen-bond acceptors (Lipinski definition) is 10. The van der Waals surface area contributed by atoms with Gasteiger partial charge in [-0.05, 0) is 57.5 Å². The van der Waals surface area contributed by atoms with Gasteiger partial charge in [-0.1, -0.05) is 29.5 Å². The van der Waals surface area contributed by atoms with E-state index in [-0.39, 0.29) is 36.9 Å². The topological polar surface area (TPSA) is 120 Å². The van der Waals surface area contributed by atoms with E-state index in [1.54, 1.807) is 32.9 Å². The van der Waals surface area contributed by atoms with Crippen LogP contribution in [0.3, 0.4) is 0 Å². The van der Waals surface area contributed by atoms with E-state index in [1.165, 1.54) is 37.2 Å². The third-order valence-electron chi connectivity index (χ3n) is 7.67. The van der Waals surface area contributed by atoms with Gasteiger partial charge in [0.15, 0.2) is 16.3 Å². The van der Waals surface area contributed by atoms with Gasteiger partial charge < -0.3 is 28.3 Å². The molecule has 0 bridgehead atoms. The molecule has 236 valence electrons. The number of fused-ring (bicyclic) bond motifs is 2. The fourth-order valence-corrected chi connectivity index (χ4v) is 6.71. The summed E-state index contributed by atoms with van der Waals surface area (Å²) >= 11 is 1.22. The Morgan fingerprint density at radius 2 is 1.64 bits per heavy atom. The smallest absolute Gasteiger partial charge is 0.338 e. The van der Waals surface area contributed by atoms with Crippen LogP contribution in [0.25, 0.3) is 17.0 Å². The van der Waals surface area contributed by atoms with Crippen molar-refractivity contribution in [3.05, 3.63) is 84.2 Å². The fraction of sp³-hybridized carbons (Fsp3) is 0.333. The number of allylic oxidation sites excluding steroid dienone is 1. The number of carbonyl (C=O) groups is 2. The van der Waals surface area contributed by atoms with Crippen LogP contribution < -0.4 is 29.1 Å². The van der Waals surface area contributed by atoms with Gasteiger partial charge in [-0.2, -0.15) is 0 Å². The summed E-state index contributed by atoms with van der Waals surface area (Å²) in [5, 5.41) is 0.884. The van der Waals surface area contributed by atoms with Crippen molar-refractivity contribution < 1.29 is 33.3 Å². The minimum absolute atomic E-state index is 0.0402. The quantitative estimate of drug-likeness (QED) is 0.243. The van der Waals surface area contributed by atoms with Gasteiger partial charge in [0.1, 0.15) is 6.54 Å². The number of aromatic nitrogens is 2. The molecule has 3 heterocycles. The lowest BCUT2D eigenvalue weighted by Gasteiger charge is -2.26. The molecule has 5 rings (SSSR count). The summed E-state index contributed by atoms with van der Waals surface area (Å²) in [4.78, 5) is 45.3. The van der Waals surface area contributed by atoms with Crippen molar-refractivity contribution in [3.8, 4) is 17.2 Å². The van der Waals surface area contributed by atoms with Crippen molar-refractivity contribution in [3.63, 3.8) is 0 Å². The number of hydrogen-bond donors (Lipinski definition) is 0. The first-order chi connectivity index (χ1) is 21.7. The number of benzene rings is 2. The van der Waals surface area contributed by atoms with Crippen LogP contribution in [-0.4, -0.2) is 55.6 Å². The summed E-state index contributed by atoms with van der Waals surface area (Å²) in [5.74, 6) is 0.197. The Labute approximate surface area is 263 Å². The molecule has 0 unspecified atom stereocenters. The van der Waals surface area contributed by atoms with Crippen LogP contribution in [0.5, 0.6) is 17.2 Å². The number of methoxy groups -OCH3 is 3. The number of nitrogens with zero attached hydrogens (tertiary/aromatic N) is 3. The van der Waals surface area contributed by atoms with Gasteiger partial charge in [-0.25, -0.2) is 9.79 Å². The Kier molecular flexibility index (Phi) is 9.14. The monoisotopic (exact) mass is 633 g/mol. The van der Waals surface area contributed by atoms with E-state index in [0.29, 0.717) is 37.8 Å². The summed E-state index contributed by atoms with van der Waals surface area (Å²) < 4.78 is 31.1. The molecule has 1 aliphatic rings. The number of rotatable bonds is 10. The summed E-state index contributed by atoms with van der Waals surface area (Å²) in [7, 11) is 4.50. The standard InChI is InChI=1S/C33H35N3O8S/c1-8-43-27(37)17-35-19(4)22(21-12-10-11-13-23(21)35)16-26-31(38)36-29(20-14-24(40-5)30(42-7)25(15-20)41-6)28(32(39)44-9-2)18(3)34-33(36)45-26/h10-16,29H,8-9,17H2,1-7H3/b26-16-/t29-/m1/s1. The van der Waals surface area contributed by atoms with E-state index in [4.69, 9.17) is 23.7 Å². The molecule has 0 saturated carbocycles. The van der Waals surface area contributed by atoms with E-state index in [2.05, 4.69) is 4.99 Å². The second-order valence-electron chi connectivity index (χ2n) is 10.2. The van der Waals surface area contributed by atoms with Crippen LogP contribution in [-0.2, 0) is 25.6 Å². The molecule has 0 fully saturated rings.